The lowest BCUT2D eigenvalue weighted by atomic mass is 9.93. The number of aliphatic hydroxyl groups is 1. The first-order valence-electron chi connectivity index (χ1n) is 16.0. The van der Waals surface area contributed by atoms with E-state index in [1.807, 2.05) is 47.9 Å². The summed E-state index contributed by atoms with van der Waals surface area (Å²) in [5.41, 5.74) is 1.38. The molecule has 0 spiro atoms. The molecule has 0 aromatic heterocycles. The van der Waals surface area contributed by atoms with Crippen molar-refractivity contribution in [3.05, 3.63) is 47.8 Å². The lowest BCUT2D eigenvalue weighted by Gasteiger charge is -2.35. The first-order chi connectivity index (χ1) is 21.6. The Bertz CT molecular complexity index is 1210. The number of carbonyl (C=O) groups is 3. The van der Waals surface area contributed by atoms with Crippen LogP contribution in [0.3, 0.4) is 0 Å². The average molecular weight is 631 g/mol. The van der Waals surface area contributed by atoms with E-state index in [4.69, 9.17) is 14.6 Å². The monoisotopic (exact) mass is 630 g/mol. The van der Waals surface area contributed by atoms with E-state index >= 15 is 0 Å². The van der Waals surface area contributed by atoms with Crippen LogP contribution in [0.2, 0.25) is 0 Å². The third-order valence-electron chi connectivity index (χ3n) is 8.68. The standard InChI is InChI=1S/C33H47FN4O7/c1-23-6-8-28(39)21-32(42)44-29(24(2)7-9-30(23)45-33(43)38-12-10-35-11-13-38)5-3-4-25-18-26(34)20-27(19-25)37-16-14-36(15-17-37)22-31(40)41/h3-4,7,9,18-20,23-24,28-30,35,39H,5-6,8,10-17,21-22H2,1-2H3,(H,40,41)/b4-3+,9-7+/t23-,24-,28+,29-,30-/m0/s1. The molecule has 11 nitrogen and oxygen atoms in total. The Morgan fingerprint density at radius 2 is 1.80 bits per heavy atom. The van der Waals surface area contributed by atoms with Gasteiger partial charge in [0.2, 0.25) is 0 Å². The van der Waals surface area contributed by atoms with E-state index < -0.39 is 30.3 Å². The van der Waals surface area contributed by atoms with Crippen molar-refractivity contribution < 1.29 is 38.5 Å². The fourth-order valence-electron chi connectivity index (χ4n) is 5.86. The summed E-state index contributed by atoms with van der Waals surface area (Å²) in [5, 5.41) is 22.8. The fraction of sp³-hybridized carbons (Fsp3) is 0.606. The third kappa shape index (κ3) is 10.8. The van der Waals surface area contributed by atoms with Gasteiger partial charge in [-0.25, -0.2) is 9.18 Å². The average Bonchev–Trinajstić information content (AvgIpc) is 3.01. The number of carboxylic acid groups (broad SMARTS) is 1. The Morgan fingerprint density at radius 1 is 1.07 bits per heavy atom. The number of piperazine rings is 2. The van der Waals surface area contributed by atoms with Gasteiger partial charge < -0.3 is 34.8 Å². The van der Waals surface area contributed by atoms with Gasteiger partial charge in [-0.3, -0.25) is 14.5 Å². The number of hydrogen-bond acceptors (Lipinski definition) is 9. The molecule has 1 amide bonds. The number of nitrogens with zero attached hydrogens (tertiary/aromatic N) is 3. The molecule has 248 valence electrons. The second kappa shape index (κ2) is 16.7. The Morgan fingerprint density at radius 3 is 2.51 bits per heavy atom. The number of benzene rings is 1. The topological polar surface area (TPSA) is 132 Å². The summed E-state index contributed by atoms with van der Waals surface area (Å²) < 4.78 is 26.3. The van der Waals surface area contributed by atoms with Gasteiger partial charge in [-0.2, -0.15) is 0 Å². The Labute approximate surface area is 264 Å². The van der Waals surface area contributed by atoms with Gasteiger partial charge in [0, 0.05) is 70.4 Å². The second-order valence-electron chi connectivity index (χ2n) is 12.3. The highest BCUT2D eigenvalue weighted by Crippen LogP contribution is 2.25. The maximum atomic E-state index is 14.6. The van der Waals surface area contributed by atoms with Crippen LogP contribution >= 0.6 is 0 Å². The van der Waals surface area contributed by atoms with Gasteiger partial charge in [0.05, 0.1) is 19.1 Å². The zero-order valence-electron chi connectivity index (χ0n) is 26.3. The minimum absolute atomic E-state index is 0.00928. The summed E-state index contributed by atoms with van der Waals surface area (Å²) in [7, 11) is 0. The van der Waals surface area contributed by atoms with Crippen LogP contribution in [-0.2, 0) is 19.1 Å². The maximum Gasteiger partial charge on any atom is 0.410 e. The summed E-state index contributed by atoms with van der Waals surface area (Å²) in [6.07, 6.45) is 6.34. The lowest BCUT2D eigenvalue weighted by molar-refractivity contribution is -0.153. The highest BCUT2D eigenvalue weighted by Gasteiger charge is 2.28. The third-order valence-corrected chi connectivity index (χ3v) is 8.68. The molecule has 4 rings (SSSR count). The van der Waals surface area contributed by atoms with E-state index in [0.29, 0.717) is 64.1 Å². The van der Waals surface area contributed by atoms with Gasteiger partial charge in [-0.1, -0.05) is 32.1 Å². The van der Waals surface area contributed by atoms with Crippen molar-refractivity contribution in [3.8, 4) is 0 Å². The van der Waals surface area contributed by atoms with Crippen LogP contribution in [0.5, 0.6) is 0 Å². The van der Waals surface area contributed by atoms with Gasteiger partial charge in [0.25, 0.3) is 0 Å². The highest BCUT2D eigenvalue weighted by atomic mass is 19.1. The molecule has 3 aliphatic heterocycles. The van der Waals surface area contributed by atoms with Crippen LogP contribution < -0.4 is 10.2 Å². The molecule has 2 fully saturated rings. The van der Waals surface area contributed by atoms with Crippen molar-refractivity contribution in [3.63, 3.8) is 0 Å². The predicted molar refractivity (Wildman–Crippen MR) is 168 cm³/mol. The molecule has 0 saturated carbocycles. The van der Waals surface area contributed by atoms with Crippen molar-refractivity contribution in [2.45, 2.75) is 57.8 Å². The van der Waals surface area contributed by atoms with Gasteiger partial charge in [-0.15, -0.1) is 0 Å². The minimum atomic E-state index is -0.865. The number of halogens is 1. The normalized spacial score (nSPS) is 28.2. The molecule has 2 saturated heterocycles. The number of carboxylic acids is 1. The number of cyclic esters (lactones) is 1. The van der Waals surface area contributed by atoms with E-state index in [2.05, 4.69) is 5.32 Å². The summed E-state index contributed by atoms with van der Waals surface area (Å²) in [4.78, 5) is 42.2. The van der Waals surface area contributed by atoms with Crippen LogP contribution in [0, 0.1) is 17.7 Å². The SMILES string of the molecule is C[C@H]1/C=C/[C@H](OC(=O)N2CCNCC2)[C@@H](C)CC[C@@H](O)CC(=O)O[C@H]1C/C=C/c1cc(F)cc(N2CCN(CC(=O)O)CC2)c1. The Balaban J connectivity index is 1.43. The molecule has 12 heteroatoms. The van der Waals surface area contributed by atoms with Crippen LogP contribution in [0.15, 0.2) is 36.4 Å². The number of nitrogens with one attached hydrogen (secondary N) is 1. The summed E-state index contributed by atoms with van der Waals surface area (Å²) in [5.74, 6) is -2.01. The van der Waals surface area contributed by atoms with Crippen LogP contribution in [0.25, 0.3) is 6.08 Å². The lowest BCUT2D eigenvalue weighted by Crippen LogP contribution is -2.48. The van der Waals surface area contributed by atoms with Crippen molar-refractivity contribution in [2.24, 2.45) is 11.8 Å². The zero-order chi connectivity index (χ0) is 32.3. The van der Waals surface area contributed by atoms with Crippen LogP contribution in [-0.4, -0.2) is 115 Å². The molecule has 5 atom stereocenters. The summed E-state index contributed by atoms with van der Waals surface area (Å²) in [6.45, 7) is 8.85. The van der Waals surface area contributed by atoms with Gasteiger partial charge >= 0.3 is 18.0 Å². The van der Waals surface area contributed by atoms with Gasteiger partial charge in [0.1, 0.15) is 18.0 Å². The van der Waals surface area contributed by atoms with E-state index in [-0.39, 0.29) is 36.7 Å². The highest BCUT2D eigenvalue weighted by molar-refractivity contribution is 5.70. The van der Waals surface area contributed by atoms with Crippen molar-refractivity contribution >= 4 is 29.8 Å². The number of carbonyl (C=O) groups excluding carboxylic acids is 2. The second-order valence-corrected chi connectivity index (χ2v) is 12.3. The molecular formula is C33H47FN4O7. The van der Waals surface area contributed by atoms with E-state index in [1.54, 1.807) is 11.0 Å². The molecular weight excluding hydrogens is 583 g/mol. The molecule has 0 radical (unpaired) electrons. The molecule has 0 unspecified atom stereocenters. The first-order valence-corrected chi connectivity index (χ1v) is 16.0. The van der Waals surface area contributed by atoms with E-state index in [1.165, 1.54) is 12.1 Å². The van der Waals surface area contributed by atoms with Crippen molar-refractivity contribution in [1.29, 1.82) is 0 Å². The number of amides is 1. The Kier molecular flexibility index (Phi) is 12.8. The molecule has 3 N–H and O–H groups in total. The van der Waals surface area contributed by atoms with E-state index in [0.717, 1.165) is 18.8 Å². The van der Waals surface area contributed by atoms with Gasteiger partial charge in [-0.05, 0) is 48.6 Å². The zero-order valence-corrected chi connectivity index (χ0v) is 26.3. The maximum absolute atomic E-state index is 14.6. The summed E-state index contributed by atoms with van der Waals surface area (Å²) >= 11 is 0. The van der Waals surface area contributed by atoms with E-state index in [9.17, 15) is 23.9 Å². The number of rotatable bonds is 7. The minimum Gasteiger partial charge on any atom is -0.480 e. The number of aliphatic hydroxyl groups excluding tert-OH is 1. The largest absolute Gasteiger partial charge is 0.480 e. The van der Waals surface area contributed by atoms with Gasteiger partial charge in [0.15, 0.2) is 0 Å². The molecule has 45 heavy (non-hydrogen) atoms. The molecule has 1 aromatic rings. The number of esters is 1. The summed E-state index contributed by atoms with van der Waals surface area (Å²) in [6, 6.07) is 4.80. The van der Waals surface area contributed by atoms with Crippen LogP contribution in [0.1, 0.15) is 45.1 Å². The molecule has 1 aromatic carbocycles. The Hall–Kier alpha value is -3.48. The number of anilines is 1. The predicted octanol–water partition coefficient (Wildman–Crippen LogP) is 3.13. The number of aliphatic carboxylic acids is 1. The number of ether oxygens (including phenoxy) is 2. The molecule has 3 heterocycles. The first kappa shape index (κ1) is 34.4. The van der Waals surface area contributed by atoms with Crippen molar-refractivity contribution in [2.75, 3.05) is 63.8 Å². The molecule has 0 aliphatic carbocycles. The quantitative estimate of drug-likeness (QED) is 0.305. The van der Waals surface area contributed by atoms with Crippen LogP contribution in [0.4, 0.5) is 14.9 Å². The van der Waals surface area contributed by atoms with Crippen molar-refractivity contribution in [1.82, 2.24) is 15.1 Å². The molecule has 3 aliphatic rings. The fourth-order valence-corrected chi connectivity index (χ4v) is 5.86. The molecule has 0 bridgehead atoms. The number of hydrogen-bond donors (Lipinski definition) is 3. The smallest absolute Gasteiger partial charge is 0.410 e.